The number of amides is 1. The molecule has 0 aromatic heterocycles. The highest BCUT2D eigenvalue weighted by Gasteiger charge is 2.38. The van der Waals surface area contributed by atoms with Crippen molar-refractivity contribution in [3.05, 3.63) is 59.7 Å². The van der Waals surface area contributed by atoms with E-state index < -0.39 is 6.04 Å². The molecule has 1 amide bonds. The summed E-state index contributed by atoms with van der Waals surface area (Å²) >= 11 is 0. The van der Waals surface area contributed by atoms with Crippen LogP contribution in [0, 0.1) is 0 Å². The Morgan fingerprint density at radius 2 is 1.88 bits per heavy atom. The van der Waals surface area contributed by atoms with Crippen LogP contribution in [0.5, 0.6) is 0 Å². The lowest BCUT2D eigenvalue weighted by Gasteiger charge is -2.48. The van der Waals surface area contributed by atoms with Crippen LogP contribution in [-0.2, 0) is 4.79 Å². The third-order valence-electron chi connectivity index (χ3n) is 5.70. The van der Waals surface area contributed by atoms with Crippen molar-refractivity contribution in [3.8, 4) is 0 Å². The molecule has 134 valence electrons. The maximum absolute atomic E-state index is 12.3. The molecule has 1 heterocycles. The Balaban J connectivity index is 1.73. The average molecular weight is 341 g/mol. The Bertz CT molecular complexity index is 663. The fourth-order valence-corrected chi connectivity index (χ4v) is 3.93. The largest absolute Gasteiger partial charge is 0.291 e. The van der Waals surface area contributed by atoms with Gasteiger partial charge in [-0.15, -0.1) is 0 Å². The molecule has 0 spiro atoms. The standard InChI is InChI=1S/C20H27N3O2/c1-16-8-6-7-11-20(16,2)23-14-12-22(13-15-23)18(19(24)21-25)17-9-4-3-5-10-17/h3-10,18,25H,11-15H2,1-2H3,(H,21,24). The van der Waals surface area contributed by atoms with Gasteiger partial charge in [0.2, 0.25) is 0 Å². The molecule has 0 bridgehead atoms. The van der Waals surface area contributed by atoms with Gasteiger partial charge in [0, 0.05) is 31.7 Å². The van der Waals surface area contributed by atoms with Crippen LogP contribution in [-0.4, -0.2) is 52.6 Å². The molecule has 25 heavy (non-hydrogen) atoms. The van der Waals surface area contributed by atoms with Crippen molar-refractivity contribution in [2.24, 2.45) is 0 Å². The number of allylic oxidation sites excluding steroid dienone is 2. The maximum Gasteiger partial charge on any atom is 0.265 e. The van der Waals surface area contributed by atoms with Gasteiger partial charge in [0.25, 0.3) is 5.91 Å². The van der Waals surface area contributed by atoms with Crippen molar-refractivity contribution < 1.29 is 10.0 Å². The van der Waals surface area contributed by atoms with Crippen LogP contribution in [0.1, 0.15) is 31.9 Å². The van der Waals surface area contributed by atoms with E-state index in [9.17, 15) is 10.0 Å². The van der Waals surface area contributed by atoms with E-state index in [0.29, 0.717) is 0 Å². The molecule has 1 aromatic carbocycles. The Kier molecular flexibility index (Phi) is 5.37. The predicted molar refractivity (Wildman–Crippen MR) is 98.2 cm³/mol. The summed E-state index contributed by atoms with van der Waals surface area (Å²) in [5.41, 5.74) is 4.19. The zero-order valence-corrected chi connectivity index (χ0v) is 15.0. The number of carbonyl (C=O) groups is 1. The summed E-state index contributed by atoms with van der Waals surface area (Å²) in [5, 5.41) is 9.18. The number of hydroxylamine groups is 1. The van der Waals surface area contributed by atoms with Crippen molar-refractivity contribution in [2.75, 3.05) is 26.2 Å². The van der Waals surface area contributed by atoms with E-state index in [4.69, 9.17) is 0 Å². The minimum Gasteiger partial charge on any atom is -0.291 e. The van der Waals surface area contributed by atoms with Crippen LogP contribution < -0.4 is 5.48 Å². The summed E-state index contributed by atoms with van der Waals surface area (Å²) in [4.78, 5) is 16.9. The minimum absolute atomic E-state index is 0.0579. The number of piperazine rings is 1. The molecule has 2 N–H and O–H groups in total. The van der Waals surface area contributed by atoms with Gasteiger partial charge in [0.1, 0.15) is 6.04 Å². The highest BCUT2D eigenvalue weighted by atomic mass is 16.5. The van der Waals surface area contributed by atoms with E-state index in [1.807, 2.05) is 35.8 Å². The Morgan fingerprint density at radius 1 is 1.20 bits per heavy atom. The summed E-state index contributed by atoms with van der Waals surface area (Å²) in [6.07, 6.45) is 7.58. The second-order valence-corrected chi connectivity index (χ2v) is 7.07. The number of hydrogen-bond acceptors (Lipinski definition) is 4. The minimum atomic E-state index is -0.455. The fraction of sp³-hybridized carbons (Fsp3) is 0.450. The summed E-state index contributed by atoms with van der Waals surface area (Å²) in [7, 11) is 0. The van der Waals surface area contributed by atoms with Gasteiger partial charge in [-0.05, 0) is 25.8 Å². The molecule has 2 atom stereocenters. The Morgan fingerprint density at radius 3 is 2.48 bits per heavy atom. The summed E-state index contributed by atoms with van der Waals surface area (Å²) in [5.74, 6) is -0.373. The lowest BCUT2D eigenvalue weighted by molar-refractivity contribution is -0.136. The molecule has 3 rings (SSSR count). The number of benzene rings is 1. The van der Waals surface area contributed by atoms with Crippen molar-refractivity contribution in [3.63, 3.8) is 0 Å². The third kappa shape index (κ3) is 3.54. The predicted octanol–water partition coefficient (Wildman–Crippen LogP) is 2.52. The van der Waals surface area contributed by atoms with E-state index in [1.54, 1.807) is 0 Å². The van der Waals surface area contributed by atoms with E-state index in [-0.39, 0.29) is 11.4 Å². The number of nitrogens with one attached hydrogen (secondary N) is 1. The molecule has 1 saturated heterocycles. The first-order chi connectivity index (χ1) is 12.1. The zero-order chi connectivity index (χ0) is 17.9. The Hall–Kier alpha value is -1.95. The van der Waals surface area contributed by atoms with Crippen LogP contribution >= 0.6 is 0 Å². The van der Waals surface area contributed by atoms with Gasteiger partial charge in [-0.2, -0.15) is 0 Å². The summed E-state index contributed by atoms with van der Waals surface area (Å²) in [6.45, 7) is 7.88. The SMILES string of the molecule is CC1=CC=CCC1(C)N1CCN(C(C(=O)NO)c2ccccc2)CC1. The van der Waals surface area contributed by atoms with Crippen LogP contribution in [0.15, 0.2) is 54.1 Å². The molecule has 2 aliphatic rings. The van der Waals surface area contributed by atoms with Gasteiger partial charge in [-0.1, -0.05) is 54.1 Å². The molecular weight excluding hydrogens is 314 g/mol. The molecule has 5 nitrogen and oxygen atoms in total. The highest BCUT2D eigenvalue weighted by Crippen LogP contribution is 2.33. The van der Waals surface area contributed by atoms with Crippen LogP contribution in [0.4, 0.5) is 0 Å². The first-order valence-electron chi connectivity index (χ1n) is 8.88. The van der Waals surface area contributed by atoms with E-state index in [0.717, 1.165) is 38.2 Å². The molecular formula is C20H27N3O2. The number of hydrogen-bond donors (Lipinski definition) is 2. The number of carbonyl (C=O) groups excluding carboxylic acids is 1. The van der Waals surface area contributed by atoms with Crippen LogP contribution in [0.25, 0.3) is 0 Å². The second-order valence-electron chi connectivity index (χ2n) is 7.07. The first kappa shape index (κ1) is 17.9. The zero-order valence-electron chi connectivity index (χ0n) is 15.0. The molecule has 1 aromatic rings. The van der Waals surface area contributed by atoms with E-state index >= 15 is 0 Å². The Labute approximate surface area is 149 Å². The van der Waals surface area contributed by atoms with Gasteiger partial charge in [-0.3, -0.25) is 19.8 Å². The van der Waals surface area contributed by atoms with Gasteiger partial charge in [-0.25, -0.2) is 5.48 Å². The van der Waals surface area contributed by atoms with Gasteiger partial charge < -0.3 is 0 Å². The van der Waals surface area contributed by atoms with E-state index in [2.05, 4.69) is 41.9 Å². The van der Waals surface area contributed by atoms with Crippen molar-refractivity contribution in [1.82, 2.24) is 15.3 Å². The smallest absolute Gasteiger partial charge is 0.265 e. The van der Waals surface area contributed by atoms with Crippen molar-refractivity contribution >= 4 is 5.91 Å². The molecule has 5 heteroatoms. The lowest BCUT2D eigenvalue weighted by atomic mass is 9.83. The summed E-state index contributed by atoms with van der Waals surface area (Å²) in [6, 6.07) is 9.20. The quantitative estimate of drug-likeness (QED) is 0.653. The monoisotopic (exact) mass is 341 g/mol. The fourth-order valence-electron chi connectivity index (χ4n) is 3.93. The molecule has 0 saturated carbocycles. The van der Waals surface area contributed by atoms with Gasteiger partial charge in [0.15, 0.2) is 0 Å². The van der Waals surface area contributed by atoms with Crippen LogP contribution in [0.3, 0.4) is 0 Å². The van der Waals surface area contributed by atoms with Crippen molar-refractivity contribution in [1.29, 1.82) is 0 Å². The average Bonchev–Trinajstić information content (AvgIpc) is 2.65. The normalized spacial score (nSPS) is 26.1. The highest BCUT2D eigenvalue weighted by molar-refractivity contribution is 5.82. The molecule has 1 aliphatic carbocycles. The van der Waals surface area contributed by atoms with E-state index in [1.165, 1.54) is 5.57 Å². The number of nitrogens with zero attached hydrogens (tertiary/aromatic N) is 2. The molecule has 0 radical (unpaired) electrons. The van der Waals surface area contributed by atoms with Crippen molar-refractivity contribution in [2.45, 2.75) is 31.8 Å². The maximum atomic E-state index is 12.3. The molecule has 1 fully saturated rings. The molecule has 2 unspecified atom stereocenters. The van der Waals surface area contributed by atoms with Gasteiger partial charge in [0.05, 0.1) is 0 Å². The summed E-state index contributed by atoms with van der Waals surface area (Å²) < 4.78 is 0. The lowest BCUT2D eigenvalue weighted by Crippen LogP contribution is -2.58. The topological polar surface area (TPSA) is 55.8 Å². The van der Waals surface area contributed by atoms with Crippen LogP contribution in [0.2, 0.25) is 0 Å². The molecule has 1 aliphatic heterocycles. The second kappa shape index (κ2) is 7.52. The number of rotatable bonds is 4. The van der Waals surface area contributed by atoms with Gasteiger partial charge >= 0.3 is 0 Å². The third-order valence-corrected chi connectivity index (χ3v) is 5.70. The first-order valence-corrected chi connectivity index (χ1v) is 8.88.